The number of hydrogen-bond donors (Lipinski definition) is 1. The van der Waals surface area contributed by atoms with Crippen molar-refractivity contribution >= 4 is 29.6 Å². The van der Waals surface area contributed by atoms with Gasteiger partial charge in [-0.3, -0.25) is 4.79 Å². The van der Waals surface area contributed by atoms with Crippen molar-refractivity contribution in [3.8, 4) is 0 Å². The van der Waals surface area contributed by atoms with E-state index in [9.17, 15) is 4.79 Å². The molecular formula is C17H23NO2S. The third kappa shape index (κ3) is 7.61. The topological polar surface area (TPSA) is 50.2 Å². The van der Waals surface area contributed by atoms with E-state index in [0.717, 1.165) is 24.8 Å². The number of thiophene rings is 1. The predicted octanol–water partition coefficient (Wildman–Crippen LogP) is 4.85. The molecule has 114 valence electrons. The normalized spacial score (nSPS) is 13.3. The Kier molecular flexibility index (Phi) is 8.36. The van der Waals surface area contributed by atoms with Crippen molar-refractivity contribution in [1.82, 2.24) is 0 Å². The molecule has 3 nitrogen and oxygen atoms in total. The first-order chi connectivity index (χ1) is 10.2. The lowest BCUT2D eigenvalue weighted by Crippen LogP contribution is -2.13. The smallest absolute Gasteiger partial charge is 0.306 e. The molecule has 21 heavy (non-hydrogen) atoms. The molecule has 0 spiro atoms. The Morgan fingerprint density at radius 3 is 2.90 bits per heavy atom. The van der Waals surface area contributed by atoms with Gasteiger partial charge in [0.15, 0.2) is 0 Å². The Morgan fingerprint density at radius 1 is 1.48 bits per heavy atom. The van der Waals surface area contributed by atoms with Crippen molar-refractivity contribution in [2.45, 2.75) is 45.6 Å². The minimum atomic E-state index is -0.138. The average Bonchev–Trinajstić information content (AvgIpc) is 2.97. The molecule has 0 fully saturated rings. The third-order valence-electron chi connectivity index (χ3n) is 3.06. The molecular weight excluding hydrogens is 282 g/mol. The van der Waals surface area contributed by atoms with Crippen LogP contribution >= 0.6 is 11.3 Å². The maximum atomic E-state index is 11.6. The highest BCUT2D eigenvalue weighted by Crippen LogP contribution is 2.15. The first kappa shape index (κ1) is 17.4. The standard InChI is InChI=1S/C17H23NO2S/c1-3-14(2)20-17(19)8-4-6-15(11-12-18)9-10-16-7-5-13-21-16/h5,7,9-14,18H,3-4,6,8H2,1-2H3/b10-9+,15-11+,18-12?. The monoisotopic (exact) mass is 305 g/mol. The summed E-state index contributed by atoms with van der Waals surface area (Å²) < 4.78 is 5.24. The summed E-state index contributed by atoms with van der Waals surface area (Å²) in [4.78, 5) is 12.8. The highest BCUT2D eigenvalue weighted by molar-refractivity contribution is 7.10. The van der Waals surface area contributed by atoms with Crippen molar-refractivity contribution in [3.63, 3.8) is 0 Å². The van der Waals surface area contributed by atoms with Crippen LogP contribution in [-0.4, -0.2) is 18.3 Å². The van der Waals surface area contributed by atoms with Crippen LogP contribution in [0.3, 0.4) is 0 Å². The number of carbonyl (C=O) groups is 1. The summed E-state index contributed by atoms with van der Waals surface area (Å²) in [5.74, 6) is -0.138. The Bertz CT molecular complexity index is 489. The number of allylic oxidation sites excluding steroid dienone is 3. The fourth-order valence-corrected chi connectivity index (χ4v) is 2.33. The molecule has 1 rings (SSSR count). The number of ether oxygens (including phenoxy) is 1. The van der Waals surface area contributed by atoms with Crippen LogP contribution in [0.2, 0.25) is 0 Å². The largest absolute Gasteiger partial charge is 0.463 e. The molecule has 0 radical (unpaired) electrons. The highest BCUT2D eigenvalue weighted by Gasteiger charge is 2.07. The van der Waals surface area contributed by atoms with Gasteiger partial charge in [-0.2, -0.15) is 0 Å². The van der Waals surface area contributed by atoms with Crippen LogP contribution in [0.25, 0.3) is 6.08 Å². The van der Waals surface area contributed by atoms with E-state index in [1.165, 1.54) is 11.1 Å². The molecule has 0 aliphatic carbocycles. The molecule has 0 aliphatic rings. The van der Waals surface area contributed by atoms with E-state index >= 15 is 0 Å². The maximum Gasteiger partial charge on any atom is 0.306 e. The second-order valence-corrected chi connectivity index (χ2v) is 5.80. The zero-order valence-electron chi connectivity index (χ0n) is 12.7. The Labute approximate surface area is 130 Å². The molecule has 0 aliphatic heterocycles. The van der Waals surface area contributed by atoms with Gasteiger partial charge in [0.1, 0.15) is 0 Å². The summed E-state index contributed by atoms with van der Waals surface area (Å²) in [6.07, 6.45) is 9.87. The minimum absolute atomic E-state index is 0.00666. The first-order valence-corrected chi connectivity index (χ1v) is 8.14. The predicted molar refractivity (Wildman–Crippen MR) is 89.9 cm³/mol. The van der Waals surface area contributed by atoms with Crippen molar-refractivity contribution in [2.24, 2.45) is 0 Å². The average molecular weight is 305 g/mol. The molecule has 1 N–H and O–H groups in total. The lowest BCUT2D eigenvalue weighted by atomic mass is 10.1. The van der Waals surface area contributed by atoms with E-state index in [-0.39, 0.29) is 12.1 Å². The fourth-order valence-electron chi connectivity index (χ4n) is 1.71. The minimum Gasteiger partial charge on any atom is -0.463 e. The van der Waals surface area contributed by atoms with Crippen molar-refractivity contribution < 1.29 is 9.53 Å². The van der Waals surface area contributed by atoms with Gasteiger partial charge in [-0.05, 0) is 55.4 Å². The summed E-state index contributed by atoms with van der Waals surface area (Å²) in [6.45, 7) is 3.90. The zero-order chi connectivity index (χ0) is 15.5. The second-order valence-electron chi connectivity index (χ2n) is 4.82. The van der Waals surface area contributed by atoms with Crippen LogP contribution in [-0.2, 0) is 9.53 Å². The van der Waals surface area contributed by atoms with E-state index in [1.54, 1.807) is 17.4 Å². The molecule has 0 saturated carbocycles. The van der Waals surface area contributed by atoms with Gasteiger partial charge in [-0.15, -0.1) is 11.3 Å². The van der Waals surface area contributed by atoms with Gasteiger partial charge in [-0.1, -0.05) is 19.1 Å². The van der Waals surface area contributed by atoms with Crippen LogP contribution in [0.5, 0.6) is 0 Å². The van der Waals surface area contributed by atoms with E-state index in [0.29, 0.717) is 6.42 Å². The van der Waals surface area contributed by atoms with Crippen LogP contribution in [0, 0.1) is 5.41 Å². The first-order valence-electron chi connectivity index (χ1n) is 7.26. The summed E-state index contributed by atoms with van der Waals surface area (Å²) in [5, 5.41) is 9.23. The van der Waals surface area contributed by atoms with E-state index in [2.05, 4.69) is 0 Å². The number of esters is 1. The number of carbonyl (C=O) groups excluding carboxylic acids is 1. The van der Waals surface area contributed by atoms with E-state index < -0.39 is 0 Å². The van der Waals surface area contributed by atoms with Crippen LogP contribution < -0.4 is 0 Å². The number of rotatable bonds is 9. The third-order valence-corrected chi connectivity index (χ3v) is 3.89. The van der Waals surface area contributed by atoms with Gasteiger partial charge in [0, 0.05) is 17.5 Å². The number of nitrogens with one attached hydrogen (secondary N) is 1. The molecule has 1 aromatic heterocycles. The Hall–Kier alpha value is -1.68. The summed E-state index contributed by atoms with van der Waals surface area (Å²) in [7, 11) is 0. The van der Waals surface area contributed by atoms with Gasteiger partial charge in [0.25, 0.3) is 0 Å². The summed E-state index contributed by atoms with van der Waals surface area (Å²) in [5.41, 5.74) is 1.05. The lowest BCUT2D eigenvalue weighted by molar-refractivity contribution is -0.148. The SMILES string of the molecule is CCC(C)OC(=O)CCCC(/C=C/c1cccs1)=C\C=N. The molecule has 0 saturated heterocycles. The lowest BCUT2D eigenvalue weighted by Gasteiger charge is -2.10. The number of hydrogen-bond acceptors (Lipinski definition) is 4. The van der Waals surface area contributed by atoms with Crippen molar-refractivity contribution in [2.75, 3.05) is 0 Å². The molecule has 1 heterocycles. The molecule has 0 aromatic carbocycles. The molecule has 1 aromatic rings. The summed E-state index contributed by atoms with van der Waals surface area (Å²) >= 11 is 1.68. The fraction of sp³-hybridized carbons (Fsp3) is 0.412. The molecule has 0 bridgehead atoms. The molecule has 1 unspecified atom stereocenters. The van der Waals surface area contributed by atoms with Gasteiger partial charge in [-0.25, -0.2) is 0 Å². The van der Waals surface area contributed by atoms with Crippen molar-refractivity contribution in [3.05, 3.63) is 40.1 Å². The molecule has 0 amide bonds. The van der Waals surface area contributed by atoms with E-state index in [1.807, 2.05) is 43.5 Å². The summed E-state index contributed by atoms with van der Waals surface area (Å²) in [6, 6.07) is 4.06. The maximum absolute atomic E-state index is 11.6. The van der Waals surface area contributed by atoms with Gasteiger partial charge < -0.3 is 10.1 Å². The van der Waals surface area contributed by atoms with Crippen molar-refractivity contribution in [1.29, 1.82) is 5.41 Å². The van der Waals surface area contributed by atoms with Gasteiger partial charge in [0.2, 0.25) is 0 Å². The Balaban J connectivity index is 2.40. The zero-order valence-corrected chi connectivity index (χ0v) is 13.5. The highest BCUT2D eigenvalue weighted by atomic mass is 32.1. The quantitative estimate of drug-likeness (QED) is 0.403. The van der Waals surface area contributed by atoms with E-state index in [4.69, 9.17) is 10.1 Å². The molecule has 4 heteroatoms. The second kappa shape index (κ2) is 10.1. The van der Waals surface area contributed by atoms with Crippen LogP contribution in [0.4, 0.5) is 0 Å². The van der Waals surface area contributed by atoms with Crippen LogP contribution in [0.1, 0.15) is 44.4 Å². The molecule has 1 atom stereocenters. The van der Waals surface area contributed by atoms with Gasteiger partial charge >= 0.3 is 5.97 Å². The van der Waals surface area contributed by atoms with Crippen LogP contribution in [0.15, 0.2) is 35.2 Å². The van der Waals surface area contributed by atoms with Gasteiger partial charge in [0.05, 0.1) is 6.10 Å². The Morgan fingerprint density at radius 2 is 2.29 bits per heavy atom.